The molecule has 2 rings (SSSR count). The first-order valence-electron chi connectivity index (χ1n) is 8.68. The normalized spacial score (nSPS) is 22.3. The average Bonchev–Trinajstić information content (AvgIpc) is 2.93. The lowest BCUT2D eigenvalue weighted by atomic mass is 10.0. The smallest absolute Gasteiger partial charge is 0.328 e. The summed E-state index contributed by atoms with van der Waals surface area (Å²) in [5.41, 5.74) is 0.343. The lowest BCUT2D eigenvalue weighted by Crippen LogP contribution is -2.55. The number of thioether (sulfide) groups is 1. The summed E-state index contributed by atoms with van der Waals surface area (Å²) in [7, 11) is 0. The molecule has 0 bridgehead atoms. The monoisotopic (exact) mass is 425 g/mol. The molecule has 4 atom stereocenters. The summed E-state index contributed by atoms with van der Waals surface area (Å²) in [6.45, 7) is 4.55. The van der Waals surface area contributed by atoms with Crippen LogP contribution in [-0.2, 0) is 19.2 Å². The maximum absolute atomic E-state index is 12.8. The third-order valence-electron chi connectivity index (χ3n) is 4.41. The van der Waals surface area contributed by atoms with Gasteiger partial charge in [-0.15, -0.1) is 11.8 Å². The van der Waals surface area contributed by atoms with Gasteiger partial charge in [-0.1, -0.05) is 12.1 Å². The van der Waals surface area contributed by atoms with Gasteiger partial charge in [0.25, 0.3) is 0 Å². The second kappa shape index (κ2) is 8.70. The fourth-order valence-electron chi connectivity index (χ4n) is 3.00. The molecule has 1 aliphatic heterocycles. The van der Waals surface area contributed by atoms with E-state index in [9.17, 15) is 34.5 Å². The van der Waals surface area contributed by atoms with Crippen LogP contribution in [0.2, 0.25) is 0 Å². The number of phenols is 1. The molecule has 1 saturated heterocycles. The van der Waals surface area contributed by atoms with Crippen molar-refractivity contribution in [2.24, 2.45) is 0 Å². The zero-order chi connectivity index (χ0) is 21.9. The second-order valence-corrected chi connectivity index (χ2v) is 8.93. The number of phenolic OH excluding ortho intramolecular Hbond substituents is 1. The average molecular weight is 425 g/mol. The Morgan fingerprint density at radius 3 is 2.14 bits per heavy atom. The van der Waals surface area contributed by atoms with E-state index in [0.717, 1.165) is 11.8 Å². The zero-order valence-electron chi connectivity index (χ0n) is 16.0. The number of hydrogen-bond acceptors (Lipinski definition) is 7. The molecular formula is C18H23N3O7S. The largest absolute Gasteiger partial charge is 0.508 e. The molecule has 158 valence electrons. The molecule has 0 spiro atoms. The van der Waals surface area contributed by atoms with Gasteiger partial charge in [0.1, 0.15) is 17.8 Å². The number of aliphatic carboxylic acids is 2. The van der Waals surface area contributed by atoms with Gasteiger partial charge in [-0.2, -0.15) is 0 Å². The fourth-order valence-corrected chi connectivity index (χ4v) is 4.49. The molecule has 0 unspecified atom stereocenters. The third kappa shape index (κ3) is 5.39. The highest BCUT2D eigenvalue weighted by atomic mass is 32.2. The minimum absolute atomic E-state index is 0.0346. The molecule has 0 aromatic heterocycles. The van der Waals surface area contributed by atoms with E-state index in [1.165, 1.54) is 31.2 Å². The highest BCUT2D eigenvalue weighted by molar-refractivity contribution is 8.01. The predicted molar refractivity (Wildman–Crippen MR) is 104 cm³/mol. The molecule has 0 saturated carbocycles. The molecule has 29 heavy (non-hydrogen) atoms. The molecule has 10 nitrogen and oxygen atoms in total. The zero-order valence-corrected chi connectivity index (χ0v) is 16.8. The molecule has 2 amide bonds. The van der Waals surface area contributed by atoms with Gasteiger partial charge in [0.15, 0.2) is 6.04 Å². The summed E-state index contributed by atoms with van der Waals surface area (Å²) >= 11 is 1.10. The SMILES string of the molecule is CC(=O)N[C@@H](C(=O)N[C@H](C(=O)O)[C@@H]1N[C@@H](C(=O)O)C(C)(C)S1)c1ccc(O)cc1. The number of hydrogen-bond donors (Lipinski definition) is 6. The Balaban J connectivity index is 2.24. The van der Waals surface area contributed by atoms with Gasteiger partial charge >= 0.3 is 11.9 Å². The van der Waals surface area contributed by atoms with Gasteiger partial charge in [0.2, 0.25) is 11.8 Å². The van der Waals surface area contributed by atoms with Crippen LogP contribution in [0.5, 0.6) is 5.75 Å². The van der Waals surface area contributed by atoms with Gasteiger partial charge in [-0.25, -0.2) is 4.79 Å². The third-order valence-corrected chi connectivity index (χ3v) is 5.91. The van der Waals surface area contributed by atoms with Gasteiger partial charge in [-0.3, -0.25) is 19.7 Å². The Kier molecular flexibility index (Phi) is 6.75. The Labute approximate surface area is 171 Å². The Morgan fingerprint density at radius 1 is 1.10 bits per heavy atom. The van der Waals surface area contributed by atoms with E-state index in [0.29, 0.717) is 5.56 Å². The van der Waals surface area contributed by atoms with Crippen LogP contribution in [-0.4, -0.2) is 61.3 Å². The van der Waals surface area contributed by atoms with Gasteiger partial charge in [-0.05, 0) is 31.5 Å². The van der Waals surface area contributed by atoms with E-state index in [2.05, 4.69) is 16.0 Å². The van der Waals surface area contributed by atoms with Crippen molar-refractivity contribution < 1.29 is 34.5 Å². The van der Waals surface area contributed by atoms with Gasteiger partial charge in [0, 0.05) is 11.7 Å². The number of carboxylic acid groups (broad SMARTS) is 2. The Bertz CT molecular complexity index is 812. The number of nitrogens with one attached hydrogen (secondary N) is 3. The molecule has 0 aliphatic carbocycles. The van der Waals surface area contributed by atoms with E-state index >= 15 is 0 Å². The highest BCUT2D eigenvalue weighted by Crippen LogP contribution is 2.39. The number of benzene rings is 1. The number of amides is 2. The lowest BCUT2D eigenvalue weighted by molar-refractivity contribution is -0.143. The topological polar surface area (TPSA) is 165 Å². The summed E-state index contributed by atoms with van der Waals surface area (Å²) in [6, 6.07) is 1.89. The summed E-state index contributed by atoms with van der Waals surface area (Å²) < 4.78 is -0.803. The van der Waals surface area contributed by atoms with E-state index in [4.69, 9.17) is 0 Å². The quantitative estimate of drug-likeness (QED) is 0.353. The van der Waals surface area contributed by atoms with E-state index in [1.54, 1.807) is 13.8 Å². The van der Waals surface area contributed by atoms with Crippen LogP contribution in [0.25, 0.3) is 0 Å². The lowest BCUT2D eigenvalue weighted by Gasteiger charge is -2.25. The summed E-state index contributed by atoms with van der Waals surface area (Å²) in [5, 5.41) is 35.0. The molecular weight excluding hydrogens is 402 g/mol. The standard InChI is InChI=1S/C18H23N3O7S/c1-8(22)19-11(9-4-6-10(23)7-5-9)14(24)20-12(16(25)26)15-21-13(17(27)28)18(2,3)29-15/h4-7,11-13,15,21,23H,1-3H3,(H,19,22)(H,20,24)(H,25,26)(H,27,28)/t11-,12+,13+,15-/m1/s1. The second-order valence-electron chi connectivity index (χ2n) is 7.13. The van der Waals surface area contributed by atoms with Crippen molar-refractivity contribution in [3.63, 3.8) is 0 Å². The van der Waals surface area contributed by atoms with Crippen molar-refractivity contribution in [2.75, 3.05) is 0 Å². The first-order chi connectivity index (χ1) is 13.4. The Hall–Kier alpha value is -2.79. The first kappa shape index (κ1) is 22.5. The predicted octanol–water partition coefficient (Wildman–Crippen LogP) is 0.0331. The van der Waals surface area contributed by atoms with Gasteiger partial charge in [0.05, 0.1) is 5.37 Å². The molecule has 11 heteroatoms. The van der Waals surface area contributed by atoms with Crippen LogP contribution >= 0.6 is 11.8 Å². The molecule has 1 fully saturated rings. The number of rotatable bonds is 7. The fraction of sp³-hybridized carbons (Fsp3) is 0.444. The van der Waals surface area contributed by atoms with Crippen molar-refractivity contribution in [1.82, 2.24) is 16.0 Å². The van der Waals surface area contributed by atoms with Crippen LogP contribution in [0.3, 0.4) is 0 Å². The number of carbonyl (C=O) groups is 4. The molecule has 1 aliphatic rings. The van der Waals surface area contributed by atoms with E-state index in [-0.39, 0.29) is 5.75 Å². The number of carbonyl (C=O) groups excluding carboxylic acids is 2. The first-order valence-corrected chi connectivity index (χ1v) is 9.56. The van der Waals surface area contributed by atoms with Crippen LogP contribution in [0.1, 0.15) is 32.4 Å². The minimum atomic E-state index is -1.44. The summed E-state index contributed by atoms with van der Waals surface area (Å²) in [4.78, 5) is 47.6. The molecule has 1 aromatic rings. The van der Waals surface area contributed by atoms with Crippen molar-refractivity contribution in [3.05, 3.63) is 29.8 Å². The molecule has 0 radical (unpaired) electrons. The number of aromatic hydroxyl groups is 1. The summed E-state index contributed by atoms with van der Waals surface area (Å²) in [6.07, 6.45) is 0. The van der Waals surface area contributed by atoms with Crippen LogP contribution in [0.4, 0.5) is 0 Å². The van der Waals surface area contributed by atoms with Crippen LogP contribution in [0, 0.1) is 0 Å². The highest BCUT2D eigenvalue weighted by Gasteiger charge is 2.49. The number of carboxylic acids is 2. The van der Waals surface area contributed by atoms with Gasteiger partial charge < -0.3 is 26.0 Å². The van der Waals surface area contributed by atoms with E-state index < -0.39 is 52.0 Å². The van der Waals surface area contributed by atoms with Crippen molar-refractivity contribution in [1.29, 1.82) is 0 Å². The maximum atomic E-state index is 12.8. The van der Waals surface area contributed by atoms with Crippen LogP contribution in [0.15, 0.2) is 24.3 Å². The van der Waals surface area contributed by atoms with Crippen molar-refractivity contribution in [2.45, 2.75) is 49.0 Å². The van der Waals surface area contributed by atoms with Crippen LogP contribution < -0.4 is 16.0 Å². The van der Waals surface area contributed by atoms with Crippen molar-refractivity contribution >= 4 is 35.5 Å². The Morgan fingerprint density at radius 2 is 1.69 bits per heavy atom. The van der Waals surface area contributed by atoms with E-state index in [1.807, 2.05) is 0 Å². The molecule has 1 aromatic carbocycles. The molecule has 1 heterocycles. The summed E-state index contributed by atoms with van der Waals surface area (Å²) in [5.74, 6) is -3.80. The minimum Gasteiger partial charge on any atom is -0.508 e. The maximum Gasteiger partial charge on any atom is 0.328 e. The van der Waals surface area contributed by atoms with Crippen molar-refractivity contribution in [3.8, 4) is 5.75 Å². The molecule has 6 N–H and O–H groups in total.